The molecule has 2 atom stereocenters. The van der Waals surface area contributed by atoms with Gasteiger partial charge in [0.15, 0.2) is 0 Å². The summed E-state index contributed by atoms with van der Waals surface area (Å²) < 4.78 is 6.21. The van der Waals surface area contributed by atoms with Crippen LogP contribution in [0.25, 0.3) is 0 Å². The highest BCUT2D eigenvalue weighted by Gasteiger charge is 2.22. The summed E-state index contributed by atoms with van der Waals surface area (Å²) in [5.74, 6) is 0.615. The topological polar surface area (TPSA) is 9.23 Å². The number of unbranched alkanes of at least 4 members (excludes halogenated alkanes) is 10. The van der Waals surface area contributed by atoms with Gasteiger partial charge in [0.05, 0.1) is 12.7 Å². The zero-order valence-electron chi connectivity index (χ0n) is 18.9. The summed E-state index contributed by atoms with van der Waals surface area (Å²) in [4.78, 5) is 0. The van der Waals surface area contributed by atoms with E-state index in [-0.39, 0.29) is 0 Å². The van der Waals surface area contributed by atoms with Crippen LogP contribution in [-0.4, -0.2) is 12.7 Å². The van der Waals surface area contributed by atoms with Gasteiger partial charge in [0.25, 0.3) is 0 Å². The van der Waals surface area contributed by atoms with Gasteiger partial charge in [-0.15, -0.1) is 0 Å². The van der Waals surface area contributed by atoms with Crippen molar-refractivity contribution in [2.45, 2.75) is 129 Å². The molecule has 1 aromatic carbocycles. The molecule has 0 spiro atoms. The minimum atomic E-state index is 0.523. The summed E-state index contributed by atoms with van der Waals surface area (Å²) in [5.41, 5.74) is 3.00. The van der Waals surface area contributed by atoms with E-state index in [0.29, 0.717) is 12.0 Å². The van der Waals surface area contributed by atoms with Crippen LogP contribution in [0.15, 0.2) is 24.3 Å². The second-order valence-corrected chi connectivity index (χ2v) is 9.05. The second-order valence-electron chi connectivity index (χ2n) is 9.05. The van der Waals surface area contributed by atoms with Crippen molar-refractivity contribution in [1.29, 1.82) is 0 Å². The van der Waals surface area contributed by atoms with E-state index in [9.17, 15) is 0 Å². The largest absolute Gasteiger partial charge is 0.378 e. The molecule has 1 heteroatoms. The van der Waals surface area contributed by atoms with Crippen LogP contribution in [0.3, 0.4) is 0 Å². The van der Waals surface area contributed by atoms with Crippen LogP contribution >= 0.6 is 0 Å². The van der Waals surface area contributed by atoms with Gasteiger partial charge in [0, 0.05) is 5.92 Å². The van der Waals surface area contributed by atoms with E-state index in [1.54, 1.807) is 0 Å². The third kappa shape index (κ3) is 9.59. The standard InChI is InChI=1S/C27H46O/c1-3-5-7-9-11-13-15-24-17-19-25(20-18-24)26-21-22-27(28-23-26)16-14-12-10-8-6-4-2/h17-20,26-27H,3-16,21-23H2,1-2H3. The summed E-state index contributed by atoms with van der Waals surface area (Å²) in [6.07, 6.45) is 22.2. The number of hydrogen-bond acceptors (Lipinski definition) is 1. The predicted octanol–water partition coefficient (Wildman–Crippen LogP) is 8.60. The van der Waals surface area contributed by atoms with Gasteiger partial charge in [-0.2, -0.15) is 0 Å². The van der Waals surface area contributed by atoms with Crippen molar-refractivity contribution in [3.63, 3.8) is 0 Å². The number of rotatable bonds is 15. The normalized spacial score (nSPS) is 19.8. The monoisotopic (exact) mass is 386 g/mol. The molecule has 1 nitrogen and oxygen atoms in total. The molecule has 0 bridgehead atoms. The summed E-state index contributed by atoms with van der Waals surface area (Å²) in [5, 5.41) is 0. The summed E-state index contributed by atoms with van der Waals surface area (Å²) in [6, 6.07) is 9.47. The third-order valence-corrected chi connectivity index (χ3v) is 6.52. The predicted molar refractivity (Wildman–Crippen MR) is 123 cm³/mol. The number of ether oxygens (including phenoxy) is 1. The van der Waals surface area contributed by atoms with Gasteiger partial charge in [-0.3, -0.25) is 0 Å². The summed E-state index contributed by atoms with van der Waals surface area (Å²) >= 11 is 0. The van der Waals surface area contributed by atoms with Crippen LogP contribution in [0.4, 0.5) is 0 Å². The van der Waals surface area contributed by atoms with E-state index in [1.807, 2.05) is 0 Å². The Kier molecular flexibility index (Phi) is 12.6. The van der Waals surface area contributed by atoms with Crippen molar-refractivity contribution in [2.75, 3.05) is 6.61 Å². The van der Waals surface area contributed by atoms with Crippen molar-refractivity contribution in [3.8, 4) is 0 Å². The van der Waals surface area contributed by atoms with Gasteiger partial charge >= 0.3 is 0 Å². The van der Waals surface area contributed by atoms with Crippen LogP contribution in [0.5, 0.6) is 0 Å². The molecule has 0 aliphatic carbocycles. The molecular formula is C27H46O. The fraction of sp³-hybridized carbons (Fsp3) is 0.778. The molecule has 0 radical (unpaired) electrons. The van der Waals surface area contributed by atoms with Crippen molar-refractivity contribution < 1.29 is 4.74 Å². The molecule has 1 saturated heterocycles. The lowest BCUT2D eigenvalue weighted by Gasteiger charge is -2.29. The maximum absolute atomic E-state index is 6.21. The zero-order chi connectivity index (χ0) is 19.9. The molecule has 1 aliphatic rings. The second kappa shape index (κ2) is 15.1. The lowest BCUT2D eigenvalue weighted by molar-refractivity contribution is -0.00214. The van der Waals surface area contributed by atoms with Crippen molar-refractivity contribution in [1.82, 2.24) is 0 Å². The Morgan fingerprint density at radius 1 is 0.714 bits per heavy atom. The van der Waals surface area contributed by atoms with Crippen LogP contribution in [0.2, 0.25) is 0 Å². The molecule has 2 rings (SSSR count). The minimum Gasteiger partial charge on any atom is -0.378 e. The van der Waals surface area contributed by atoms with E-state index < -0.39 is 0 Å². The van der Waals surface area contributed by atoms with Gasteiger partial charge in [-0.05, 0) is 43.2 Å². The molecule has 1 aromatic rings. The average Bonchev–Trinajstić information content (AvgIpc) is 2.74. The quantitative estimate of drug-likeness (QED) is 0.274. The van der Waals surface area contributed by atoms with E-state index >= 15 is 0 Å². The molecule has 1 heterocycles. The first-order valence-electron chi connectivity index (χ1n) is 12.5. The van der Waals surface area contributed by atoms with E-state index in [2.05, 4.69) is 38.1 Å². The molecule has 2 unspecified atom stereocenters. The summed E-state index contributed by atoms with van der Waals surface area (Å²) in [6.45, 7) is 5.50. The molecule has 0 aromatic heterocycles. The number of aryl methyl sites for hydroxylation is 1. The Hall–Kier alpha value is -0.820. The highest BCUT2D eigenvalue weighted by Crippen LogP contribution is 2.30. The Bertz CT molecular complexity index is 470. The maximum Gasteiger partial charge on any atom is 0.0575 e. The smallest absolute Gasteiger partial charge is 0.0575 e. The van der Waals surface area contributed by atoms with Crippen molar-refractivity contribution in [2.24, 2.45) is 0 Å². The Morgan fingerprint density at radius 2 is 1.32 bits per heavy atom. The van der Waals surface area contributed by atoms with Crippen LogP contribution in [-0.2, 0) is 11.2 Å². The molecule has 1 aliphatic heterocycles. The maximum atomic E-state index is 6.21. The molecule has 0 saturated carbocycles. The fourth-order valence-corrected chi connectivity index (χ4v) is 4.51. The fourth-order valence-electron chi connectivity index (χ4n) is 4.51. The number of benzene rings is 1. The van der Waals surface area contributed by atoms with Gasteiger partial charge in [-0.1, -0.05) is 109 Å². The first-order chi connectivity index (χ1) is 13.8. The highest BCUT2D eigenvalue weighted by molar-refractivity contribution is 5.26. The van der Waals surface area contributed by atoms with E-state index in [0.717, 1.165) is 6.61 Å². The van der Waals surface area contributed by atoms with Gasteiger partial charge < -0.3 is 4.74 Å². The van der Waals surface area contributed by atoms with Gasteiger partial charge in [-0.25, -0.2) is 0 Å². The average molecular weight is 387 g/mol. The number of hydrogen-bond donors (Lipinski definition) is 0. The Labute approximate surface area is 175 Å². The first-order valence-corrected chi connectivity index (χ1v) is 12.5. The van der Waals surface area contributed by atoms with Crippen LogP contribution < -0.4 is 0 Å². The first kappa shape index (κ1) is 23.5. The lowest BCUT2D eigenvalue weighted by atomic mass is 9.89. The van der Waals surface area contributed by atoms with E-state index in [1.165, 1.54) is 114 Å². The molecule has 1 fully saturated rings. The van der Waals surface area contributed by atoms with E-state index in [4.69, 9.17) is 4.74 Å². The molecular weight excluding hydrogens is 340 g/mol. The molecule has 0 N–H and O–H groups in total. The highest BCUT2D eigenvalue weighted by atomic mass is 16.5. The molecule has 160 valence electrons. The van der Waals surface area contributed by atoms with Gasteiger partial charge in [0.1, 0.15) is 0 Å². The lowest BCUT2D eigenvalue weighted by Crippen LogP contribution is -2.24. The summed E-state index contributed by atoms with van der Waals surface area (Å²) in [7, 11) is 0. The van der Waals surface area contributed by atoms with Gasteiger partial charge in [0.2, 0.25) is 0 Å². The van der Waals surface area contributed by atoms with Crippen LogP contribution in [0.1, 0.15) is 127 Å². The SMILES string of the molecule is CCCCCCCCc1ccc(C2CCC(CCCCCCCC)OC2)cc1. The minimum absolute atomic E-state index is 0.523. The Balaban J connectivity index is 1.58. The Morgan fingerprint density at radius 3 is 1.93 bits per heavy atom. The molecule has 28 heavy (non-hydrogen) atoms. The molecule has 0 amide bonds. The zero-order valence-corrected chi connectivity index (χ0v) is 18.9. The van der Waals surface area contributed by atoms with Crippen molar-refractivity contribution >= 4 is 0 Å². The van der Waals surface area contributed by atoms with Crippen molar-refractivity contribution in [3.05, 3.63) is 35.4 Å². The van der Waals surface area contributed by atoms with Crippen LogP contribution in [0, 0.1) is 0 Å². The third-order valence-electron chi connectivity index (χ3n) is 6.52.